The molecule has 28 heavy (non-hydrogen) atoms. The van der Waals surface area contributed by atoms with Crippen LogP contribution in [0, 0.1) is 0 Å². The van der Waals surface area contributed by atoms with Crippen LogP contribution in [0.1, 0.15) is 41.8 Å². The number of nitrogens with one attached hydrogen (secondary N) is 1. The molecule has 6 nitrogen and oxygen atoms in total. The molecule has 1 aliphatic rings. The zero-order valence-electron chi connectivity index (χ0n) is 15.8. The van der Waals surface area contributed by atoms with E-state index in [-0.39, 0.29) is 11.8 Å². The van der Waals surface area contributed by atoms with Crippen molar-refractivity contribution in [2.75, 3.05) is 13.1 Å². The van der Waals surface area contributed by atoms with E-state index < -0.39 is 18.1 Å². The lowest BCUT2D eigenvalue weighted by Crippen LogP contribution is -2.42. The third kappa shape index (κ3) is 4.76. The van der Waals surface area contributed by atoms with E-state index in [0.29, 0.717) is 24.2 Å². The summed E-state index contributed by atoms with van der Waals surface area (Å²) in [5.41, 5.74) is 1.07. The van der Waals surface area contributed by atoms with Gasteiger partial charge in [0.15, 0.2) is 0 Å². The van der Waals surface area contributed by atoms with Crippen LogP contribution < -0.4 is 5.32 Å². The quantitative estimate of drug-likeness (QED) is 0.782. The van der Waals surface area contributed by atoms with Gasteiger partial charge in [-0.05, 0) is 31.9 Å². The molecule has 6 heteroatoms. The van der Waals surface area contributed by atoms with Gasteiger partial charge in [0.25, 0.3) is 11.8 Å². The monoisotopic (exact) mass is 380 g/mol. The van der Waals surface area contributed by atoms with Gasteiger partial charge in [0, 0.05) is 24.2 Å². The van der Waals surface area contributed by atoms with Gasteiger partial charge in [0.05, 0.1) is 0 Å². The van der Waals surface area contributed by atoms with Gasteiger partial charge in [-0.15, -0.1) is 0 Å². The third-order valence-electron chi connectivity index (χ3n) is 4.72. The van der Waals surface area contributed by atoms with Gasteiger partial charge in [-0.3, -0.25) is 9.59 Å². The highest BCUT2D eigenvalue weighted by Crippen LogP contribution is 2.23. The summed E-state index contributed by atoms with van der Waals surface area (Å²) in [7, 11) is 0. The van der Waals surface area contributed by atoms with Crippen LogP contribution in [0.25, 0.3) is 0 Å². The first-order valence-electron chi connectivity index (χ1n) is 9.46. The SMILES string of the molecule is C[C@H](NC(=O)c1ccccc1)C(=O)OC(C(=O)N1CCCC1)c1ccccc1. The smallest absolute Gasteiger partial charge is 0.329 e. The number of hydrogen-bond acceptors (Lipinski definition) is 4. The van der Waals surface area contributed by atoms with Crippen LogP contribution in [-0.4, -0.2) is 41.8 Å². The Hall–Kier alpha value is -3.15. The van der Waals surface area contributed by atoms with Crippen LogP contribution in [0.2, 0.25) is 0 Å². The number of rotatable bonds is 6. The normalized spacial score (nSPS) is 15.5. The van der Waals surface area contributed by atoms with Gasteiger partial charge in [-0.25, -0.2) is 4.79 Å². The molecule has 3 rings (SSSR count). The molecule has 2 aromatic rings. The first-order valence-corrected chi connectivity index (χ1v) is 9.46. The molecule has 1 aliphatic heterocycles. The number of carbonyl (C=O) groups excluding carboxylic acids is 3. The fraction of sp³-hybridized carbons (Fsp3) is 0.318. The molecule has 1 fully saturated rings. The highest BCUT2D eigenvalue weighted by molar-refractivity contribution is 5.97. The minimum atomic E-state index is -1.01. The Morgan fingerprint density at radius 3 is 2.11 bits per heavy atom. The van der Waals surface area contributed by atoms with Gasteiger partial charge in [-0.1, -0.05) is 48.5 Å². The van der Waals surface area contributed by atoms with E-state index in [1.165, 1.54) is 0 Å². The number of amides is 2. The second kappa shape index (κ2) is 9.17. The zero-order chi connectivity index (χ0) is 19.9. The van der Waals surface area contributed by atoms with Crippen LogP contribution in [0.15, 0.2) is 60.7 Å². The molecule has 0 aromatic heterocycles. The highest BCUT2D eigenvalue weighted by atomic mass is 16.5. The molecule has 1 N–H and O–H groups in total. The minimum absolute atomic E-state index is 0.223. The van der Waals surface area contributed by atoms with Gasteiger partial charge in [0.1, 0.15) is 6.04 Å². The van der Waals surface area contributed by atoms with Gasteiger partial charge in [0.2, 0.25) is 6.10 Å². The Kier molecular flexibility index (Phi) is 6.42. The number of likely N-dealkylation sites (tertiary alicyclic amines) is 1. The molecular formula is C22H24N2O4. The van der Waals surface area contributed by atoms with E-state index in [1.807, 2.05) is 12.1 Å². The van der Waals surface area contributed by atoms with Crippen molar-refractivity contribution < 1.29 is 19.1 Å². The van der Waals surface area contributed by atoms with E-state index in [4.69, 9.17) is 4.74 Å². The Morgan fingerprint density at radius 1 is 0.929 bits per heavy atom. The lowest BCUT2D eigenvalue weighted by Gasteiger charge is -2.25. The largest absolute Gasteiger partial charge is 0.446 e. The fourth-order valence-corrected chi connectivity index (χ4v) is 3.14. The molecule has 0 spiro atoms. The summed E-state index contributed by atoms with van der Waals surface area (Å²) in [4.78, 5) is 39.5. The van der Waals surface area contributed by atoms with E-state index >= 15 is 0 Å². The molecule has 146 valence electrons. The topological polar surface area (TPSA) is 75.7 Å². The molecule has 1 saturated heterocycles. The van der Waals surface area contributed by atoms with Crippen molar-refractivity contribution in [1.82, 2.24) is 10.2 Å². The average molecular weight is 380 g/mol. The van der Waals surface area contributed by atoms with Crippen molar-refractivity contribution in [2.24, 2.45) is 0 Å². The molecule has 2 atom stereocenters. The van der Waals surface area contributed by atoms with Crippen molar-refractivity contribution in [3.63, 3.8) is 0 Å². The highest BCUT2D eigenvalue weighted by Gasteiger charge is 2.32. The molecule has 1 heterocycles. The molecule has 0 saturated carbocycles. The molecule has 2 aromatic carbocycles. The lowest BCUT2D eigenvalue weighted by molar-refractivity contribution is -0.161. The van der Waals surface area contributed by atoms with Crippen molar-refractivity contribution in [1.29, 1.82) is 0 Å². The molecule has 1 unspecified atom stereocenters. The second-order valence-corrected chi connectivity index (χ2v) is 6.82. The third-order valence-corrected chi connectivity index (χ3v) is 4.72. The average Bonchev–Trinajstić information content (AvgIpc) is 3.27. The molecule has 0 bridgehead atoms. The zero-order valence-corrected chi connectivity index (χ0v) is 15.8. The number of benzene rings is 2. The Bertz CT molecular complexity index is 817. The first-order chi connectivity index (χ1) is 13.6. The van der Waals surface area contributed by atoms with Crippen LogP contribution in [-0.2, 0) is 14.3 Å². The Labute approximate surface area is 164 Å². The van der Waals surface area contributed by atoms with Crippen molar-refractivity contribution in [2.45, 2.75) is 31.9 Å². The standard InChI is InChI=1S/C22H24N2O4/c1-16(23-20(25)18-12-6-3-7-13-18)22(27)28-19(17-10-4-2-5-11-17)21(26)24-14-8-9-15-24/h2-7,10-13,16,19H,8-9,14-15H2,1H3,(H,23,25)/t16-,19?/m0/s1. The number of ether oxygens (including phenoxy) is 1. The fourth-order valence-electron chi connectivity index (χ4n) is 3.14. The van der Waals surface area contributed by atoms with Crippen LogP contribution >= 0.6 is 0 Å². The second-order valence-electron chi connectivity index (χ2n) is 6.82. The van der Waals surface area contributed by atoms with Crippen molar-refractivity contribution >= 4 is 17.8 Å². The maximum atomic E-state index is 12.9. The molecular weight excluding hydrogens is 356 g/mol. The maximum absolute atomic E-state index is 12.9. The summed E-state index contributed by atoms with van der Waals surface area (Å²) in [6.07, 6.45) is 0.887. The summed E-state index contributed by atoms with van der Waals surface area (Å²) in [5, 5.41) is 2.62. The van der Waals surface area contributed by atoms with E-state index in [1.54, 1.807) is 60.4 Å². The van der Waals surface area contributed by atoms with Gasteiger partial charge in [-0.2, -0.15) is 0 Å². The predicted octanol–water partition coefficient (Wildman–Crippen LogP) is 2.71. The molecule has 0 radical (unpaired) electrons. The van der Waals surface area contributed by atoms with Crippen molar-refractivity contribution in [3.8, 4) is 0 Å². The van der Waals surface area contributed by atoms with Gasteiger partial charge >= 0.3 is 5.97 Å². The summed E-state index contributed by atoms with van der Waals surface area (Å²) in [6, 6.07) is 16.7. The number of hydrogen-bond donors (Lipinski definition) is 1. The number of nitrogens with zero attached hydrogens (tertiary/aromatic N) is 1. The van der Waals surface area contributed by atoms with E-state index in [2.05, 4.69) is 5.32 Å². The van der Waals surface area contributed by atoms with E-state index in [0.717, 1.165) is 12.8 Å². The minimum Gasteiger partial charge on any atom is -0.446 e. The lowest BCUT2D eigenvalue weighted by atomic mass is 10.1. The van der Waals surface area contributed by atoms with Crippen molar-refractivity contribution in [3.05, 3.63) is 71.8 Å². The van der Waals surface area contributed by atoms with Crippen LogP contribution in [0.3, 0.4) is 0 Å². The predicted molar refractivity (Wildman–Crippen MR) is 104 cm³/mol. The Balaban J connectivity index is 1.69. The summed E-state index contributed by atoms with van der Waals surface area (Å²) in [6.45, 7) is 2.88. The summed E-state index contributed by atoms with van der Waals surface area (Å²) >= 11 is 0. The van der Waals surface area contributed by atoms with E-state index in [9.17, 15) is 14.4 Å². The Morgan fingerprint density at radius 2 is 1.50 bits per heavy atom. The first kappa shape index (κ1) is 19.6. The summed E-state index contributed by atoms with van der Waals surface area (Å²) in [5.74, 6) is -1.24. The number of carbonyl (C=O) groups is 3. The van der Waals surface area contributed by atoms with Gasteiger partial charge < -0.3 is 15.0 Å². The molecule has 2 amide bonds. The number of esters is 1. The summed E-state index contributed by atoms with van der Waals surface area (Å²) < 4.78 is 5.56. The van der Waals surface area contributed by atoms with Crippen LogP contribution in [0.4, 0.5) is 0 Å². The molecule has 0 aliphatic carbocycles. The maximum Gasteiger partial charge on any atom is 0.329 e. The van der Waals surface area contributed by atoms with Crippen LogP contribution in [0.5, 0.6) is 0 Å².